The fraction of sp³-hybridized carbons (Fsp3) is 0.276. The molecule has 1 fully saturated rings. The van der Waals surface area contributed by atoms with Crippen LogP contribution in [0.5, 0.6) is 0 Å². The van der Waals surface area contributed by atoms with E-state index in [1.807, 2.05) is 43.5 Å². The van der Waals surface area contributed by atoms with Crippen molar-refractivity contribution in [2.75, 3.05) is 11.9 Å². The highest BCUT2D eigenvalue weighted by Crippen LogP contribution is 2.36. The number of nitrogens with two attached hydrogens (primary N) is 1. The molecule has 1 saturated carbocycles. The molecule has 0 radical (unpaired) electrons. The summed E-state index contributed by atoms with van der Waals surface area (Å²) in [5.74, 6) is -0.408. The number of primary amides is 1. The van der Waals surface area contributed by atoms with Crippen LogP contribution in [0.2, 0.25) is 0 Å². The molecular formula is C29H32N6O4S. The molecule has 0 bridgehead atoms. The van der Waals surface area contributed by atoms with Crippen molar-refractivity contribution >= 4 is 33.0 Å². The van der Waals surface area contributed by atoms with Crippen LogP contribution in [-0.4, -0.2) is 42.4 Å². The largest absolute Gasteiger partial charge is 0.380 e. The highest BCUT2D eigenvalue weighted by Gasteiger charge is 2.29. The summed E-state index contributed by atoms with van der Waals surface area (Å²) < 4.78 is 29.0. The predicted octanol–water partition coefficient (Wildman–Crippen LogP) is 3.21. The molecular weight excluding hydrogens is 528 g/mol. The Hall–Kier alpha value is -4.22. The average molecular weight is 561 g/mol. The summed E-state index contributed by atoms with van der Waals surface area (Å²) in [5, 5.41) is 10.6. The van der Waals surface area contributed by atoms with Crippen LogP contribution in [0.25, 0.3) is 16.6 Å². The van der Waals surface area contributed by atoms with Crippen molar-refractivity contribution in [3.05, 3.63) is 83.7 Å². The van der Waals surface area contributed by atoms with E-state index in [9.17, 15) is 18.0 Å². The maximum Gasteiger partial charge on any atom is 0.252 e. The summed E-state index contributed by atoms with van der Waals surface area (Å²) in [4.78, 5) is 24.6. The van der Waals surface area contributed by atoms with Gasteiger partial charge in [-0.1, -0.05) is 35.9 Å². The van der Waals surface area contributed by atoms with Crippen LogP contribution in [0, 0.1) is 12.8 Å². The Morgan fingerprint density at radius 2 is 1.85 bits per heavy atom. The third kappa shape index (κ3) is 6.16. The minimum absolute atomic E-state index is 0.108. The molecule has 2 amide bonds. The Labute approximate surface area is 233 Å². The number of carbonyl (C=O) groups is 2. The number of hydrogen-bond acceptors (Lipinski definition) is 6. The van der Waals surface area contributed by atoms with Gasteiger partial charge in [0, 0.05) is 24.3 Å². The van der Waals surface area contributed by atoms with Crippen molar-refractivity contribution in [3.63, 3.8) is 0 Å². The molecule has 0 spiro atoms. The molecule has 2 aromatic heterocycles. The standard InChI is InChI=1S/C29H32N6O4S/c1-18-6-10-24(11-7-18)40(38,39)33-16-27(36)31-14-20-4-3-5-22(12-20)23-13-26-28(34-19(2)21-8-9-21)25(29(30)37)15-32-35(26)17-23/h3-7,10-13,15,17,19,21,33-34H,8-9,14,16H2,1-2H3,(H2,30,37)(H,31,36). The van der Waals surface area contributed by atoms with Crippen LogP contribution in [0.1, 0.15) is 41.3 Å². The highest BCUT2D eigenvalue weighted by molar-refractivity contribution is 7.89. The molecule has 2 heterocycles. The molecule has 208 valence electrons. The highest BCUT2D eigenvalue weighted by atomic mass is 32.2. The van der Waals surface area contributed by atoms with Crippen LogP contribution >= 0.6 is 0 Å². The number of anilines is 1. The first-order valence-electron chi connectivity index (χ1n) is 13.1. The van der Waals surface area contributed by atoms with E-state index < -0.39 is 21.8 Å². The molecule has 1 atom stereocenters. The average Bonchev–Trinajstić information content (AvgIpc) is 3.69. The monoisotopic (exact) mass is 560 g/mol. The first-order valence-corrected chi connectivity index (χ1v) is 14.6. The van der Waals surface area contributed by atoms with Gasteiger partial charge in [-0.25, -0.2) is 17.7 Å². The van der Waals surface area contributed by atoms with E-state index in [1.54, 1.807) is 16.6 Å². The molecule has 1 unspecified atom stereocenters. The zero-order valence-electron chi connectivity index (χ0n) is 22.3. The number of aryl methyl sites for hydroxylation is 1. The maximum absolute atomic E-state index is 12.4. The van der Waals surface area contributed by atoms with Crippen LogP contribution in [-0.2, 0) is 21.4 Å². The van der Waals surface area contributed by atoms with E-state index in [1.165, 1.54) is 18.3 Å². The number of nitrogens with zero attached hydrogens (tertiary/aromatic N) is 2. The second-order valence-corrected chi connectivity index (χ2v) is 12.0. The van der Waals surface area contributed by atoms with Crippen molar-refractivity contribution in [2.45, 2.75) is 44.2 Å². The van der Waals surface area contributed by atoms with Crippen LogP contribution in [0.4, 0.5) is 5.69 Å². The fourth-order valence-corrected chi connectivity index (χ4v) is 5.56. The second kappa shape index (κ2) is 11.1. The van der Waals surface area contributed by atoms with E-state index >= 15 is 0 Å². The minimum atomic E-state index is -3.78. The number of amides is 2. The second-order valence-electron chi connectivity index (χ2n) is 10.2. The number of aromatic nitrogens is 2. The van der Waals surface area contributed by atoms with Crippen LogP contribution in [0.15, 0.2) is 71.9 Å². The van der Waals surface area contributed by atoms with Gasteiger partial charge in [0.15, 0.2) is 0 Å². The van der Waals surface area contributed by atoms with Gasteiger partial charge in [0.05, 0.1) is 34.4 Å². The summed E-state index contributed by atoms with van der Waals surface area (Å²) in [7, 11) is -3.78. The van der Waals surface area contributed by atoms with Gasteiger partial charge in [-0.3, -0.25) is 9.59 Å². The quantitative estimate of drug-likeness (QED) is 0.221. The van der Waals surface area contributed by atoms with Crippen molar-refractivity contribution in [1.29, 1.82) is 0 Å². The number of benzene rings is 2. The Balaban J connectivity index is 1.28. The summed E-state index contributed by atoms with van der Waals surface area (Å²) in [6.07, 6.45) is 5.69. The van der Waals surface area contributed by atoms with E-state index in [4.69, 9.17) is 5.73 Å². The number of fused-ring (bicyclic) bond motifs is 1. The SMILES string of the molecule is Cc1ccc(S(=O)(=O)NCC(=O)NCc2cccc(-c3cc4c(NC(C)C5CC5)c(C(N)=O)cnn4c3)c2)cc1. The number of sulfonamides is 1. The third-order valence-corrected chi connectivity index (χ3v) is 8.52. The Bertz CT molecular complexity index is 1680. The smallest absolute Gasteiger partial charge is 0.252 e. The molecule has 4 aromatic rings. The molecule has 10 nitrogen and oxygen atoms in total. The summed E-state index contributed by atoms with van der Waals surface area (Å²) >= 11 is 0. The van der Waals surface area contributed by atoms with Crippen LogP contribution in [0.3, 0.4) is 0 Å². The number of hydrogen-bond donors (Lipinski definition) is 4. The molecule has 1 aliphatic rings. The molecule has 40 heavy (non-hydrogen) atoms. The van der Waals surface area contributed by atoms with E-state index in [0.717, 1.165) is 40.6 Å². The van der Waals surface area contributed by atoms with Crippen molar-refractivity contribution in [2.24, 2.45) is 11.7 Å². The van der Waals surface area contributed by atoms with Gasteiger partial charge in [-0.05, 0) is 68.0 Å². The number of nitrogens with one attached hydrogen (secondary N) is 3. The van der Waals surface area contributed by atoms with Gasteiger partial charge in [0.25, 0.3) is 5.91 Å². The summed E-state index contributed by atoms with van der Waals surface area (Å²) in [6, 6.07) is 16.2. The molecule has 5 N–H and O–H groups in total. The Kier molecular flexibility index (Phi) is 7.59. The van der Waals surface area contributed by atoms with Gasteiger partial charge in [0.1, 0.15) is 0 Å². The molecule has 1 aliphatic carbocycles. The van der Waals surface area contributed by atoms with Crippen molar-refractivity contribution < 1.29 is 18.0 Å². The molecule has 11 heteroatoms. The molecule has 0 aliphatic heterocycles. The molecule has 5 rings (SSSR count). The van der Waals surface area contributed by atoms with E-state index in [0.29, 0.717) is 17.2 Å². The Morgan fingerprint density at radius 3 is 2.55 bits per heavy atom. The van der Waals surface area contributed by atoms with Gasteiger partial charge < -0.3 is 16.4 Å². The van der Waals surface area contributed by atoms with Crippen molar-refractivity contribution in [3.8, 4) is 11.1 Å². The number of carbonyl (C=O) groups excluding carboxylic acids is 2. The number of rotatable bonds is 11. The van der Waals surface area contributed by atoms with Gasteiger partial charge in [-0.15, -0.1) is 0 Å². The lowest BCUT2D eigenvalue weighted by molar-refractivity contribution is -0.120. The van der Waals surface area contributed by atoms with Gasteiger partial charge in [0.2, 0.25) is 15.9 Å². The normalized spacial score (nSPS) is 14.2. The molecule has 2 aromatic carbocycles. The maximum atomic E-state index is 12.4. The zero-order chi connectivity index (χ0) is 28.4. The van der Waals surface area contributed by atoms with Gasteiger partial charge in [-0.2, -0.15) is 5.10 Å². The lowest BCUT2D eigenvalue weighted by Crippen LogP contribution is -2.36. The zero-order valence-corrected chi connectivity index (χ0v) is 23.2. The fourth-order valence-electron chi connectivity index (χ4n) is 4.58. The lowest BCUT2D eigenvalue weighted by Gasteiger charge is -2.17. The van der Waals surface area contributed by atoms with Crippen LogP contribution < -0.4 is 21.1 Å². The lowest BCUT2D eigenvalue weighted by atomic mass is 10.1. The predicted molar refractivity (Wildman–Crippen MR) is 153 cm³/mol. The third-order valence-electron chi connectivity index (χ3n) is 7.11. The summed E-state index contributed by atoms with van der Waals surface area (Å²) in [5.41, 5.74) is 11.0. The van der Waals surface area contributed by atoms with Crippen molar-refractivity contribution in [1.82, 2.24) is 19.7 Å². The topological polar surface area (TPSA) is 148 Å². The summed E-state index contributed by atoms with van der Waals surface area (Å²) in [6.45, 7) is 3.83. The van der Waals surface area contributed by atoms with Gasteiger partial charge >= 0.3 is 0 Å². The Morgan fingerprint density at radius 1 is 1.10 bits per heavy atom. The van der Waals surface area contributed by atoms with E-state index in [2.05, 4.69) is 27.4 Å². The molecule has 0 saturated heterocycles. The van der Waals surface area contributed by atoms with E-state index in [-0.39, 0.29) is 24.0 Å². The first kappa shape index (κ1) is 27.4. The first-order chi connectivity index (χ1) is 19.1. The minimum Gasteiger partial charge on any atom is -0.380 e.